The summed E-state index contributed by atoms with van der Waals surface area (Å²) in [5.74, 6) is 1.12. The van der Waals surface area contributed by atoms with E-state index in [2.05, 4.69) is 35.3 Å². The molecule has 1 aliphatic rings. The zero-order valence-corrected chi connectivity index (χ0v) is 12.1. The Labute approximate surface area is 118 Å². The molecule has 0 aliphatic carbocycles. The second-order valence-electron chi connectivity index (χ2n) is 4.52. The maximum atomic E-state index is 11.7. The van der Waals surface area contributed by atoms with E-state index >= 15 is 0 Å². The molecule has 19 heavy (non-hydrogen) atoms. The molecule has 1 saturated heterocycles. The predicted molar refractivity (Wildman–Crippen MR) is 80.6 cm³/mol. The molecule has 104 valence electrons. The van der Waals surface area contributed by atoms with Crippen LogP contribution < -0.4 is 16.0 Å². The summed E-state index contributed by atoms with van der Waals surface area (Å²) in [5.41, 5.74) is 8.19. The lowest BCUT2D eigenvalue weighted by atomic mass is 10.1. The van der Waals surface area contributed by atoms with Crippen LogP contribution in [0.2, 0.25) is 0 Å². The van der Waals surface area contributed by atoms with Crippen LogP contribution in [0.3, 0.4) is 0 Å². The van der Waals surface area contributed by atoms with Gasteiger partial charge in [-0.05, 0) is 24.3 Å². The van der Waals surface area contributed by atoms with Crippen molar-refractivity contribution in [3.05, 3.63) is 23.8 Å². The Hall–Kier alpha value is -1.20. The van der Waals surface area contributed by atoms with E-state index in [4.69, 9.17) is 5.73 Å². The molecule has 1 amide bonds. The van der Waals surface area contributed by atoms with Crippen LogP contribution in [0.15, 0.2) is 23.1 Å². The molecular formula is C14H21N3OS. The number of anilines is 1. The normalized spacial score (nSPS) is 16.1. The average Bonchev–Trinajstić information content (AvgIpc) is 2.63. The number of rotatable bonds is 4. The zero-order chi connectivity index (χ0) is 13.7. The van der Waals surface area contributed by atoms with Gasteiger partial charge in [0, 0.05) is 35.8 Å². The Morgan fingerprint density at radius 3 is 3.05 bits per heavy atom. The number of benzene rings is 1. The van der Waals surface area contributed by atoms with Crippen LogP contribution in [0.5, 0.6) is 0 Å². The van der Waals surface area contributed by atoms with E-state index in [0.29, 0.717) is 13.1 Å². The highest BCUT2D eigenvalue weighted by atomic mass is 32.2. The first-order chi connectivity index (χ1) is 9.26. The highest BCUT2D eigenvalue weighted by Gasteiger charge is 2.18. The van der Waals surface area contributed by atoms with Gasteiger partial charge in [0.25, 0.3) is 0 Å². The number of nitrogens with zero attached hydrogens (tertiary/aromatic N) is 1. The smallest absolute Gasteiger partial charge is 0.239 e. The van der Waals surface area contributed by atoms with Crippen molar-refractivity contribution in [1.82, 2.24) is 5.32 Å². The maximum absolute atomic E-state index is 11.7. The van der Waals surface area contributed by atoms with E-state index in [9.17, 15) is 4.79 Å². The van der Waals surface area contributed by atoms with Crippen molar-refractivity contribution in [3.8, 4) is 0 Å². The lowest BCUT2D eigenvalue weighted by Crippen LogP contribution is -2.33. The third-order valence-electron chi connectivity index (χ3n) is 3.21. The molecule has 3 N–H and O–H groups in total. The van der Waals surface area contributed by atoms with Gasteiger partial charge < -0.3 is 16.0 Å². The van der Waals surface area contributed by atoms with Gasteiger partial charge in [0.1, 0.15) is 0 Å². The third kappa shape index (κ3) is 3.42. The predicted octanol–water partition coefficient (Wildman–Crippen LogP) is 1.58. The van der Waals surface area contributed by atoms with Crippen LogP contribution in [-0.4, -0.2) is 31.3 Å². The summed E-state index contributed by atoms with van der Waals surface area (Å²) in [6.45, 7) is 4.73. The summed E-state index contributed by atoms with van der Waals surface area (Å²) in [5, 5.41) is 2.90. The molecular weight excluding hydrogens is 258 g/mol. The number of nitrogens with two attached hydrogens (primary N) is 1. The first-order valence-electron chi connectivity index (χ1n) is 6.72. The van der Waals surface area contributed by atoms with Crippen LogP contribution in [0.1, 0.15) is 18.9 Å². The number of thioether (sulfide) groups is 1. The van der Waals surface area contributed by atoms with Crippen LogP contribution in [0.25, 0.3) is 0 Å². The van der Waals surface area contributed by atoms with E-state index in [1.807, 2.05) is 0 Å². The fourth-order valence-electron chi connectivity index (χ4n) is 2.36. The van der Waals surface area contributed by atoms with E-state index < -0.39 is 0 Å². The van der Waals surface area contributed by atoms with Crippen molar-refractivity contribution < 1.29 is 4.79 Å². The molecule has 1 aliphatic heterocycles. The molecule has 1 aromatic rings. The second kappa shape index (κ2) is 6.82. The van der Waals surface area contributed by atoms with Crippen LogP contribution >= 0.6 is 11.8 Å². The standard InChI is InChI=1S/C14H21N3OS/c1-2-19-13-6-3-5-12(11(13)9-15)17-8-4-7-16-14(18)10-17/h3,5-6H,2,4,7-10,15H2,1H3,(H,16,18). The molecule has 1 heterocycles. The van der Waals surface area contributed by atoms with Gasteiger partial charge in [-0.1, -0.05) is 13.0 Å². The molecule has 4 nitrogen and oxygen atoms in total. The lowest BCUT2D eigenvalue weighted by molar-refractivity contribution is -0.119. The van der Waals surface area contributed by atoms with Crippen LogP contribution in [0, 0.1) is 0 Å². The zero-order valence-electron chi connectivity index (χ0n) is 11.3. The second-order valence-corrected chi connectivity index (χ2v) is 5.82. The summed E-state index contributed by atoms with van der Waals surface area (Å²) in [6, 6.07) is 6.23. The Kier molecular flexibility index (Phi) is 5.10. The minimum Gasteiger partial charge on any atom is -0.362 e. The molecule has 0 aromatic heterocycles. The summed E-state index contributed by atoms with van der Waals surface area (Å²) < 4.78 is 0. The Morgan fingerprint density at radius 1 is 1.47 bits per heavy atom. The minimum absolute atomic E-state index is 0.0917. The molecule has 5 heteroatoms. The van der Waals surface area contributed by atoms with Crippen molar-refractivity contribution in [2.24, 2.45) is 5.73 Å². The Balaban J connectivity index is 2.31. The molecule has 1 fully saturated rings. The van der Waals surface area contributed by atoms with Crippen LogP contribution in [-0.2, 0) is 11.3 Å². The van der Waals surface area contributed by atoms with Crippen molar-refractivity contribution in [1.29, 1.82) is 0 Å². The summed E-state index contributed by atoms with van der Waals surface area (Å²) in [4.78, 5) is 15.1. The molecule has 0 unspecified atom stereocenters. The molecule has 2 rings (SSSR count). The number of amides is 1. The quantitative estimate of drug-likeness (QED) is 0.822. The molecule has 0 atom stereocenters. The molecule has 0 radical (unpaired) electrons. The molecule has 0 saturated carbocycles. The molecule has 0 spiro atoms. The fourth-order valence-corrected chi connectivity index (χ4v) is 3.21. The van der Waals surface area contributed by atoms with Crippen molar-refractivity contribution in [3.63, 3.8) is 0 Å². The summed E-state index contributed by atoms with van der Waals surface area (Å²) in [7, 11) is 0. The summed E-state index contributed by atoms with van der Waals surface area (Å²) >= 11 is 1.80. The summed E-state index contributed by atoms with van der Waals surface area (Å²) in [6.07, 6.45) is 0.973. The van der Waals surface area contributed by atoms with Crippen molar-refractivity contribution >= 4 is 23.4 Å². The fraction of sp³-hybridized carbons (Fsp3) is 0.500. The highest BCUT2D eigenvalue weighted by Crippen LogP contribution is 2.30. The van der Waals surface area contributed by atoms with Crippen LogP contribution in [0.4, 0.5) is 5.69 Å². The van der Waals surface area contributed by atoms with Gasteiger partial charge in [-0.3, -0.25) is 4.79 Å². The first-order valence-corrected chi connectivity index (χ1v) is 7.71. The van der Waals surface area contributed by atoms with Crippen molar-refractivity contribution in [2.75, 3.05) is 30.3 Å². The van der Waals surface area contributed by atoms with Gasteiger partial charge >= 0.3 is 0 Å². The minimum atomic E-state index is 0.0917. The number of carbonyl (C=O) groups excluding carboxylic acids is 1. The number of nitrogens with one attached hydrogen (secondary N) is 1. The number of hydrogen-bond donors (Lipinski definition) is 2. The molecule has 0 bridgehead atoms. The van der Waals surface area contributed by atoms with Gasteiger partial charge in [0.2, 0.25) is 5.91 Å². The number of hydrogen-bond acceptors (Lipinski definition) is 4. The van der Waals surface area contributed by atoms with E-state index in [0.717, 1.165) is 36.5 Å². The Morgan fingerprint density at radius 2 is 2.32 bits per heavy atom. The first kappa shape index (κ1) is 14.2. The number of carbonyl (C=O) groups is 1. The monoisotopic (exact) mass is 279 g/mol. The maximum Gasteiger partial charge on any atom is 0.239 e. The van der Waals surface area contributed by atoms with Gasteiger partial charge in [0.05, 0.1) is 6.54 Å². The SMILES string of the molecule is CCSc1cccc(N2CCCNC(=O)C2)c1CN. The topological polar surface area (TPSA) is 58.4 Å². The van der Waals surface area contributed by atoms with Gasteiger partial charge in [-0.25, -0.2) is 0 Å². The van der Waals surface area contributed by atoms with E-state index in [1.165, 1.54) is 4.90 Å². The lowest BCUT2D eigenvalue weighted by Gasteiger charge is -2.25. The van der Waals surface area contributed by atoms with Gasteiger partial charge in [-0.15, -0.1) is 11.8 Å². The van der Waals surface area contributed by atoms with Gasteiger partial charge in [0.15, 0.2) is 0 Å². The Bertz CT molecular complexity index is 450. The highest BCUT2D eigenvalue weighted by molar-refractivity contribution is 7.99. The largest absolute Gasteiger partial charge is 0.362 e. The average molecular weight is 279 g/mol. The van der Waals surface area contributed by atoms with Crippen molar-refractivity contribution in [2.45, 2.75) is 24.8 Å². The van der Waals surface area contributed by atoms with Gasteiger partial charge in [-0.2, -0.15) is 0 Å². The molecule has 1 aromatic carbocycles. The van der Waals surface area contributed by atoms with E-state index in [1.54, 1.807) is 11.8 Å². The van der Waals surface area contributed by atoms with E-state index in [-0.39, 0.29) is 5.91 Å². The third-order valence-corrected chi connectivity index (χ3v) is 4.20.